The third kappa shape index (κ3) is 8.09. The summed E-state index contributed by atoms with van der Waals surface area (Å²) in [6.45, 7) is 6.50. The highest BCUT2D eigenvalue weighted by Crippen LogP contribution is 2.31. The van der Waals surface area contributed by atoms with Gasteiger partial charge in [-0.15, -0.1) is 0 Å². The Kier molecular flexibility index (Phi) is 11.5. The lowest BCUT2D eigenvalue weighted by molar-refractivity contribution is -0.353. The molecule has 0 radical (unpaired) electrons. The molecule has 2 aliphatic rings. The number of hydrogen-bond donors (Lipinski definition) is 6. The molecule has 39 heavy (non-hydrogen) atoms. The van der Waals surface area contributed by atoms with Crippen LogP contribution in [0.25, 0.3) is 0 Å². The van der Waals surface area contributed by atoms with Gasteiger partial charge in [-0.2, -0.15) is 0 Å². The molecule has 1 aromatic carbocycles. The van der Waals surface area contributed by atoms with Gasteiger partial charge in [0.05, 0.1) is 13.2 Å². The molecule has 0 amide bonds. The fraction of sp³-hybridized carbons (Fsp3) is 0.741. The van der Waals surface area contributed by atoms with E-state index in [1.54, 1.807) is 26.0 Å². The zero-order valence-electron chi connectivity index (χ0n) is 22.7. The summed E-state index contributed by atoms with van der Waals surface area (Å²) in [6.07, 6.45) is -14.0. The van der Waals surface area contributed by atoms with E-state index in [9.17, 15) is 35.4 Å². The summed E-state index contributed by atoms with van der Waals surface area (Å²) in [5, 5.41) is 62.5. The van der Waals surface area contributed by atoms with E-state index < -0.39 is 80.6 Å². The first kappa shape index (κ1) is 31.7. The van der Waals surface area contributed by atoms with Crippen molar-refractivity contribution in [3.63, 3.8) is 0 Å². The maximum atomic E-state index is 12.1. The zero-order valence-corrected chi connectivity index (χ0v) is 22.7. The van der Waals surface area contributed by atoms with Crippen LogP contribution in [0.4, 0.5) is 0 Å². The lowest BCUT2D eigenvalue weighted by Crippen LogP contribution is -2.65. The molecule has 0 bridgehead atoms. The fourth-order valence-corrected chi connectivity index (χ4v) is 4.63. The summed E-state index contributed by atoms with van der Waals surface area (Å²) < 4.78 is 27.9. The van der Waals surface area contributed by atoms with Gasteiger partial charge in [-0.05, 0) is 36.0 Å². The molecule has 0 saturated carbocycles. The van der Waals surface area contributed by atoms with Crippen LogP contribution in [-0.4, -0.2) is 111 Å². The maximum Gasteiger partial charge on any atom is 0.306 e. The van der Waals surface area contributed by atoms with E-state index >= 15 is 0 Å². The molecular formula is C27H42O12. The second kappa shape index (κ2) is 14.2. The lowest BCUT2D eigenvalue weighted by atomic mass is 9.96. The van der Waals surface area contributed by atoms with Gasteiger partial charge in [0.1, 0.15) is 48.5 Å². The van der Waals surface area contributed by atoms with Crippen molar-refractivity contribution in [3.05, 3.63) is 29.8 Å². The summed E-state index contributed by atoms with van der Waals surface area (Å²) in [4.78, 5) is 12.1. The Morgan fingerprint density at radius 1 is 0.795 bits per heavy atom. The zero-order chi connectivity index (χ0) is 28.9. The number of ether oxygens (including phenoxy) is 5. The van der Waals surface area contributed by atoms with Crippen LogP contribution in [0.15, 0.2) is 24.3 Å². The van der Waals surface area contributed by atoms with E-state index in [-0.39, 0.29) is 12.3 Å². The van der Waals surface area contributed by atoms with Gasteiger partial charge in [-0.3, -0.25) is 4.79 Å². The molecule has 6 N–H and O–H groups in total. The molecule has 0 aliphatic carbocycles. The predicted molar refractivity (Wildman–Crippen MR) is 135 cm³/mol. The van der Waals surface area contributed by atoms with Crippen LogP contribution in [0.5, 0.6) is 5.75 Å². The molecule has 10 atom stereocenters. The number of benzene rings is 1. The Morgan fingerprint density at radius 3 is 1.90 bits per heavy atom. The molecular weight excluding hydrogens is 516 g/mol. The SMILES string of the molecule is CC(C)CC(=O)OC1C(CO)OC(OC2C(CO)OC(Oc3ccc(CC(C)C)cc3)C(O)C2O)C(O)C1O. The van der Waals surface area contributed by atoms with Gasteiger partial charge in [0.2, 0.25) is 6.29 Å². The normalized spacial score (nSPS) is 35.3. The third-order valence-electron chi connectivity index (χ3n) is 6.59. The van der Waals surface area contributed by atoms with E-state index in [0.717, 1.165) is 12.0 Å². The Labute approximate surface area is 228 Å². The lowest BCUT2D eigenvalue weighted by Gasteiger charge is -2.46. The Bertz CT molecular complexity index is 889. The Hall–Kier alpha value is -1.87. The van der Waals surface area contributed by atoms with E-state index in [1.807, 2.05) is 12.1 Å². The van der Waals surface area contributed by atoms with Crippen molar-refractivity contribution >= 4 is 5.97 Å². The highest BCUT2D eigenvalue weighted by atomic mass is 16.7. The number of carbonyl (C=O) groups excluding carboxylic acids is 1. The Balaban J connectivity index is 1.66. The number of rotatable bonds is 11. The van der Waals surface area contributed by atoms with Crippen LogP contribution < -0.4 is 4.74 Å². The predicted octanol–water partition coefficient (Wildman–Crippen LogP) is -0.515. The van der Waals surface area contributed by atoms with Crippen molar-refractivity contribution in [3.8, 4) is 5.75 Å². The number of hydrogen-bond acceptors (Lipinski definition) is 12. The van der Waals surface area contributed by atoms with Gasteiger partial charge in [-0.1, -0.05) is 39.8 Å². The molecule has 12 heteroatoms. The number of aliphatic hydroxyl groups is 6. The molecule has 222 valence electrons. The van der Waals surface area contributed by atoms with E-state index in [1.165, 1.54) is 0 Å². The highest BCUT2D eigenvalue weighted by molar-refractivity contribution is 5.69. The van der Waals surface area contributed by atoms with Crippen LogP contribution in [0.3, 0.4) is 0 Å². The van der Waals surface area contributed by atoms with Gasteiger partial charge >= 0.3 is 5.97 Å². The highest BCUT2D eigenvalue weighted by Gasteiger charge is 2.52. The van der Waals surface area contributed by atoms with Gasteiger partial charge in [-0.25, -0.2) is 0 Å². The minimum atomic E-state index is -1.76. The molecule has 12 nitrogen and oxygen atoms in total. The molecule has 2 heterocycles. The Morgan fingerprint density at radius 2 is 1.33 bits per heavy atom. The fourth-order valence-electron chi connectivity index (χ4n) is 4.63. The van der Waals surface area contributed by atoms with Gasteiger partial charge in [0.25, 0.3) is 0 Å². The summed E-state index contributed by atoms with van der Waals surface area (Å²) in [5.41, 5.74) is 1.11. The summed E-state index contributed by atoms with van der Waals surface area (Å²) in [6, 6.07) is 7.19. The minimum Gasteiger partial charge on any atom is -0.462 e. The largest absolute Gasteiger partial charge is 0.462 e. The monoisotopic (exact) mass is 558 g/mol. The molecule has 10 unspecified atom stereocenters. The first-order valence-corrected chi connectivity index (χ1v) is 13.3. The molecule has 3 rings (SSSR count). The molecule has 1 aromatic rings. The van der Waals surface area contributed by atoms with Crippen molar-refractivity contribution in [1.82, 2.24) is 0 Å². The van der Waals surface area contributed by atoms with Crippen LogP contribution in [0.1, 0.15) is 39.7 Å². The van der Waals surface area contributed by atoms with E-state index in [4.69, 9.17) is 23.7 Å². The quantitative estimate of drug-likeness (QED) is 0.191. The summed E-state index contributed by atoms with van der Waals surface area (Å²) in [5.74, 6) is 0.207. The smallest absolute Gasteiger partial charge is 0.306 e. The average molecular weight is 559 g/mol. The number of carbonyl (C=O) groups is 1. The second-order valence-electron chi connectivity index (χ2n) is 10.9. The second-order valence-corrected chi connectivity index (χ2v) is 10.9. The van der Waals surface area contributed by atoms with Gasteiger partial charge in [0, 0.05) is 6.42 Å². The first-order valence-electron chi connectivity index (χ1n) is 13.3. The topological polar surface area (TPSA) is 185 Å². The van der Waals surface area contributed by atoms with Crippen molar-refractivity contribution in [2.24, 2.45) is 11.8 Å². The van der Waals surface area contributed by atoms with Crippen LogP contribution >= 0.6 is 0 Å². The van der Waals surface area contributed by atoms with E-state index in [0.29, 0.717) is 11.7 Å². The standard InChI is InChI=1S/C27H42O12/c1-13(2)9-15-5-7-16(8-6-15)35-26-22(33)21(32)25(18(12-29)36-26)39-27-23(34)20(31)24(17(11-28)37-27)38-19(30)10-14(3)4/h5-8,13-14,17-18,20-29,31-34H,9-12H2,1-4H3. The average Bonchev–Trinajstić information content (AvgIpc) is 2.88. The first-order chi connectivity index (χ1) is 18.4. The van der Waals surface area contributed by atoms with Crippen LogP contribution in [0.2, 0.25) is 0 Å². The van der Waals surface area contributed by atoms with Crippen LogP contribution in [-0.2, 0) is 30.2 Å². The molecule has 2 saturated heterocycles. The van der Waals surface area contributed by atoms with Crippen molar-refractivity contribution in [2.75, 3.05) is 13.2 Å². The van der Waals surface area contributed by atoms with Crippen molar-refractivity contribution in [2.45, 2.75) is 102 Å². The number of aliphatic hydroxyl groups excluding tert-OH is 6. The molecule has 0 aromatic heterocycles. The summed E-state index contributed by atoms with van der Waals surface area (Å²) >= 11 is 0. The van der Waals surface area contributed by atoms with Crippen molar-refractivity contribution < 1.29 is 59.1 Å². The maximum absolute atomic E-state index is 12.1. The van der Waals surface area contributed by atoms with Gasteiger partial charge in [0.15, 0.2) is 12.4 Å². The minimum absolute atomic E-state index is 0.0144. The summed E-state index contributed by atoms with van der Waals surface area (Å²) in [7, 11) is 0. The molecule has 2 aliphatic heterocycles. The molecule has 0 spiro atoms. The van der Waals surface area contributed by atoms with E-state index in [2.05, 4.69) is 13.8 Å². The third-order valence-corrected chi connectivity index (χ3v) is 6.59. The van der Waals surface area contributed by atoms with Crippen molar-refractivity contribution in [1.29, 1.82) is 0 Å². The molecule has 2 fully saturated rings. The number of esters is 1. The van der Waals surface area contributed by atoms with Gasteiger partial charge < -0.3 is 54.3 Å². The van der Waals surface area contributed by atoms with Crippen LogP contribution in [0, 0.1) is 11.8 Å².